The van der Waals surface area contributed by atoms with E-state index in [4.69, 9.17) is 0 Å². The number of amides is 5. The molecule has 0 radical (unpaired) electrons. The van der Waals surface area contributed by atoms with Gasteiger partial charge < -0.3 is 31.1 Å². The fourth-order valence-corrected chi connectivity index (χ4v) is 5.46. The topological polar surface area (TPSA) is 157 Å². The largest absolute Gasteiger partial charge is 0.347 e. The first-order chi connectivity index (χ1) is 25.5. The van der Waals surface area contributed by atoms with Crippen molar-refractivity contribution in [1.82, 2.24) is 31.1 Å². The molecule has 12 nitrogen and oxygen atoms in total. The van der Waals surface area contributed by atoms with E-state index in [0.29, 0.717) is 18.7 Å². The quantitative estimate of drug-likeness (QED) is 0.172. The highest BCUT2D eigenvalue weighted by Crippen LogP contribution is 2.18. The summed E-state index contributed by atoms with van der Waals surface area (Å²) in [7, 11) is 1.95. The number of hydrogen-bond acceptors (Lipinski definition) is 7. The Kier molecular flexibility index (Phi) is 17.1. The van der Waals surface area contributed by atoms with Gasteiger partial charge in [0.15, 0.2) is 0 Å². The van der Waals surface area contributed by atoms with E-state index in [2.05, 4.69) is 89.4 Å². The van der Waals surface area contributed by atoms with Crippen LogP contribution in [-0.2, 0) is 24.0 Å². The van der Waals surface area contributed by atoms with Gasteiger partial charge in [0.2, 0.25) is 23.5 Å². The number of carbonyl (C=O) groups is 6. The maximum absolute atomic E-state index is 12.6. The van der Waals surface area contributed by atoms with Crippen LogP contribution in [-0.4, -0.2) is 104 Å². The Bertz CT molecular complexity index is 1860. The predicted octanol–water partition coefficient (Wildman–Crippen LogP) is 3.60. The van der Waals surface area contributed by atoms with E-state index < -0.39 is 42.0 Å². The van der Waals surface area contributed by atoms with Gasteiger partial charge in [0.25, 0.3) is 11.8 Å². The smallest absolute Gasteiger partial charge is 0.289 e. The number of piperazine rings is 1. The van der Waals surface area contributed by atoms with Crippen molar-refractivity contribution in [3.8, 4) is 0 Å². The average molecular weight is 725 g/mol. The van der Waals surface area contributed by atoms with Crippen molar-refractivity contribution < 1.29 is 28.8 Å². The van der Waals surface area contributed by atoms with Crippen LogP contribution in [0, 0.1) is 6.92 Å². The molecule has 282 valence electrons. The van der Waals surface area contributed by atoms with Crippen LogP contribution >= 0.6 is 0 Å². The Hall–Kier alpha value is -5.62. The monoisotopic (exact) mass is 724 g/mol. The summed E-state index contributed by atoms with van der Waals surface area (Å²) >= 11 is 0. The van der Waals surface area contributed by atoms with Crippen LogP contribution in [0.4, 0.5) is 0 Å². The molecule has 5 amide bonds. The molecule has 1 unspecified atom stereocenters. The molecule has 5 rings (SSSR count). The van der Waals surface area contributed by atoms with Gasteiger partial charge in [-0.2, -0.15) is 0 Å². The van der Waals surface area contributed by atoms with E-state index in [-0.39, 0.29) is 25.4 Å². The summed E-state index contributed by atoms with van der Waals surface area (Å²) in [6.45, 7) is 9.37. The standard InChI is InChI=1S/C27H34N6O6.C11H10.C3H8/c1-3-21(31-23(35)16-29-25(37)20-10-6-8-18-7-4-5-9-19(18)20)26(38)28-15-22(34)27(39)30-17-24(36)33-13-11-32(2)12-14-33;1-9-5-4-7-10-6-2-3-8-11(9)10;1-3-2/h4-10,21H,3,11-17H2,1-2H3,(H,28,38)(H,29,37)(H,30,39)(H,31,35);2-8H,1H3;3H2,1-2H3. The first kappa shape index (κ1) is 41.8. The predicted molar refractivity (Wildman–Crippen MR) is 208 cm³/mol. The molecule has 1 fully saturated rings. The van der Waals surface area contributed by atoms with Crippen molar-refractivity contribution in [3.63, 3.8) is 0 Å². The van der Waals surface area contributed by atoms with Gasteiger partial charge in [-0.05, 0) is 53.6 Å². The molecule has 1 saturated heterocycles. The summed E-state index contributed by atoms with van der Waals surface area (Å²) in [6.07, 6.45) is 1.47. The zero-order valence-electron chi connectivity index (χ0n) is 31.4. The van der Waals surface area contributed by atoms with E-state index in [0.717, 1.165) is 23.9 Å². The van der Waals surface area contributed by atoms with Crippen molar-refractivity contribution >= 4 is 56.9 Å². The van der Waals surface area contributed by atoms with Crippen LogP contribution in [0.25, 0.3) is 21.5 Å². The molecule has 1 heterocycles. The van der Waals surface area contributed by atoms with E-state index in [1.54, 1.807) is 24.0 Å². The molecule has 12 heteroatoms. The molecule has 4 aromatic carbocycles. The van der Waals surface area contributed by atoms with Gasteiger partial charge in [0.1, 0.15) is 6.04 Å². The van der Waals surface area contributed by atoms with Gasteiger partial charge in [-0.25, -0.2) is 0 Å². The minimum absolute atomic E-state index is 0.217. The maximum atomic E-state index is 12.6. The number of benzene rings is 4. The van der Waals surface area contributed by atoms with Crippen molar-refractivity contribution in [2.24, 2.45) is 0 Å². The maximum Gasteiger partial charge on any atom is 0.289 e. The first-order valence-corrected chi connectivity index (χ1v) is 18.0. The molecule has 1 aliphatic rings. The zero-order valence-corrected chi connectivity index (χ0v) is 31.4. The van der Waals surface area contributed by atoms with Crippen LogP contribution in [0.3, 0.4) is 0 Å². The molecule has 0 spiro atoms. The van der Waals surface area contributed by atoms with Crippen LogP contribution < -0.4 is 21.3 Å². The summed E-state index contributed by atoms with van der Waals surface area (Å²) < 4.78 is 0. The molecule has 0 aromatic heterocycles. The molecule has 1 aliphatic heterocycles. The summed E-state index contributed by atoms with van der Waals surface area (Å²) in [4.78, 5) is 77.6. The Labute approximate surface area is 311 Å². The summed E-state index contributed by atoms with van der Waals surface area (Å²) in [5, 5.41) is 14.0. The summed E-state index contributed by atoms with van der Waals surface area (Å²) in [5.41, 5.74) is 1.77. The molecule has 1 atom stereocenters. The fourth-order valence-electron chi connectivity index (χ4n) is 5.46. The molecule has 4 N–H and O–H groups in total. The molecule has 53 heavy (non-hydrogen) atoms. The lowest BCUT2D eigenvalue weighted by Crippen LogP contribution is -2.52. The molecular formula is C41H52N6O6. The minimum atomic E-state index is -0.981. The number of nitrogens with one attached hydrogen (secondary N) is 4. The number of hydrogen-bond donors (Lipinski definition) is 4. The second kappa shape index (κ2) is 21.7. The Balaban J connectivity index is 0.000000447. The number of likely N-dealkylation sites (N-methyl/N-ethyl adjacent to an activating group) is 1. The van der Waals surface area contributed by atoms with Gasteiger partial charge in [-0.3, -0.25) is 28.8 Å². The number of ketones is 1. The fraction of sp³-hybridized carbons (Fsp3) is 0.366. The Morgan fingerprint density at radius 1 is 0.660 bits per heavy atom. The van der Waals surface area contributed by atoms with Crippen molar-refractivity contribution in [1.29, 1.82) is 0 Å². The van der Waals surface area contributed by atoms with Gasteiger partial charge in [-0.15, -0.1) is 0 Å². The number of nitrogens with zero attached hydrogens (tertiary/aromatic N) is 2. The minimum Gasteiger partial charge on any atom is -0.347 e. The van der Waals surface area contributed by atoms with Crippen LogP contribution in [0.2, 0.25) is 0 Å². The second-order valence-electron chi connectivity index (χ2n) is 12.7. The highest BCUT2D eigenvalue weighted by molar-refractivity contribution is 6.37. The lowest BCUT2D eigenvalue weighted by molar-refractivity contribution is -0.140. The van der Waals surface area contributed by atoms with Gasteiger partial charge in [-0.1, -0.05) is 106 Å². The molecular weight excluding hydrogens is 672 g/mol. The third-order valence-electron chi connectivity index (χ3n) is 8.44. The number of rotatable bonds is 11. The third kappa shape index (κ3) is 13.1. The van der Waals surface area contributed by atoms with E-state index >= 15 is 0 Å². The highest BCUT2D eigenvalue weighted by Gasteiger charge is 2.23. The second-order valence-corrected chi connectivity index (χ2v) is 12.7. The van der Waals surface area contributed by atoms with Crippen LogP contribution in [0.5, 0.6) is 0 Å². The molecule has 0 bridgehead atoms. The van der Waals surface area contributed by atoms with Crippen LogP contribution in [0.15, 0.2) is 84.9 Å². The van der Waals surface area contributed by atoms with Crippen molar-refractivity contribution in [3.05, 3.63) is 96.1 Å². The van der Waals surface area contributed by atoms with Crippen molar-refractivity contribution in [2.75, 3.05) is 52.9 Å². The lowest BCUT2D eigenvalue weighted by Gasteiger charge is -2.32. The number of Topliss-reactive ketones (excluding diaryl/α,β-unsaturated/α-hetero) is 1. The number of aryl methyl sites for hydroxylation is 1. The number of fused-ring (bicyclic) bond motifs is 2. The lowest BCUT2D eigenvalue weighted by atomic mass is 10.0. The van der Waals surface area contributed by atoms with E-state index in [1.807, 2.05) is 37.4 Å². The van der Waals surface area contributed by atoms with Crippen LogP contribution in [0.1, 0.15) is 49.5 Å². The Morgan fingerprint density at radius 2 is 1.23 bits per heavy atom. The third-order valence-corrected chi connectivity index (χ3v) is 8.44. The normalized spacial score (nSPS) is 13.0. The summed E-state index contributed by atoms with van der Waals surface area (Å²) in [6, 6.07) is 26.5. The first-order valence-electron chi connectivity index (χ1n) is 18.0. The highest BCUT2D eigenvalue weighted by atomic mass is 16.2. The van der Waals surface area contributed by atoms with Gasteiger partial charge in [0, 0.05) is 31.7 Å². The van der Waals surface area contributed by atoms with E-state index in [9.17, 15) is 28.8 Å². The van der Waals surface area contributed by atoms with Crippen molar-refractivity contribution in [2.45, 2.75) is 46.6 Å². The number of carbonyl (C=O) groups excluding carboxylic acids is 6. The summed E-state index contributed by atoms with van der Waals surface area (Å²) in [5.74, 6) is -3.85. The molecule has 0 aliphatic carbocycles. The van der Waals surface area contributed by atoms with E-state index in [1.165, 1.54) is 22.8 Å². The molecule has 4 aromatic rings. The van der Waals surface area contributed by atoms with Gasteiger partial charge in [0.05, 0.1) is 19.6 Å². The average Bonchev–Trinajstić information content (AvgIpc) is 3.17. The molecule has 0 saturated carbocycles. The zero-order chi connectivity index (χ0) is 38.8. The SMILES string of the molecule is CCC.CCC(NC(=O)CNC(=O)c1cccc2ccccc12)C(=O)NCC(=O)C(=O)NCC(=O)N1CCN(C)CC1.Cc1cccc2ccccc12. The Morgan fingerprint density at radius 3 is 1.85 bits per heavy atom. The van der Waals surface area contributed by atoms with Gasteiger partial charge >= 0.3 is 0 Å².